The Hall–Kier alpha value is -0.930. The zero-order valence-corrected chi connectivity index (χ0v) is 8.78. The molecular weight excluding hydrogens is 164 g/mol. The molecule has 13 heavy (non-hydrogen) atoms. The van der Waals surface area contributed by atoms with E-state index < -0.39 is 5.79 Å². The molecule has 0 radical (unpaired) electrons. The van der Waals surface area contributed by atoms with E-state index in [1.807, 2.05) is 13.8 Å². The molecule has 1 rings (SSSR count). The lowest BCUT2D eigenvalue weighted by Gasteiger charge is -2.11. The van der Waals surface area contributed by atoms with E-state index in [-0.39, 0.29) is 0 Å². The first-order valence-electron chi connectivity index (χ1n) is 4.74. The molecule has 2 N–H and O–H groups in total. The van der Waals surface area contributed by atoms with Gasteiger partial charge >= 0.3 is 0 Å². The van der Waals surface area contributed by atoms with Crippen molar-refractivity contribution in [2.45, 2.75) is 39.9 Å². The third-order valence-electron chi connectivity index (χ3n) is 2.01. The number of aliphatic imine (C=N–C) groups is 1. The average Bonchev–Trinajstić information content (AvgIpc) is 2.66. The Morgan fingerprint density at radius 1 is 1.31 bits per heavy atom. The molecular formula is C9H18N4. The summed E-state index contributed by atoms with van der Waals surface area (Å²) in [5.74, 6) is 0.970. The monoisotopic (exact) mass is 182 g/mol. The highest BCUT2D eigenvalue weighted by Crippen LogP contribution is 2.37. The van der Waals surface area contributed by atoms with Crippen molar-refractivity contribution < 1.29 is 0 Å². The quantitative estimate of drug-likeness (QED) is 0.525. The second-order valence-electron chi connectivity index (χ2n) is 4.24. The van der Waals surface area contributed by atoms with Crippen molar-refractivity contribution in [1.29, 1.82) is 0 Å². The van der Waals surface area contributed by atoms with E-state index in [4.69, 9.17) is 5.73 Å². The first-order chi connectivity index (χ1) is 5.96. The molecule has 1 aliphatic heterocycles. The van der Waals surface area contributed by atoms with Crippen LogP contribution in [-0.4, -0.2) is 11.6 Å². The zero-order valence-electron chi connectivity index (χ0n) is 8.78. The van der Waals surface area contributed by atoms with Gasteiger partial charge in [-0.15, -0.1) is 10.2 Å². The highest BCUT2D eigenvalue weighted by Gasteiger charge is 2.43. The Balaban J connectivity index is 2.55. The molecule has 0 atom stereocenters. The molecule has 4 heteroatoms. The van der Waals surface area contributed by atoms with E-state index in [1.165, 1.54) is 0 Å². The smallest absolute Gasteiger partial charge is 0.285 e. The van der Waals surface area contributed by atoms with Gasteiger partial charge in [0, 0.05) is 12.3 Å². The van der Waals surface area contributed by atoms with Crippen molar-refractivity contribution in [2.24, 2.45) is 32.8 Å². The van der Waals surface area contributed by atoms with Gasteiger partial charge in [-0.05, 0) is 5.92 Å². The van der Waals surface area contributed by atoms with Crippen LogP contribution < -0.4 is 5.73 Å². The maximum atomic E-state index is 5.77. The molecule has 0 saturated heterocycles. The Labute approximate surface area is 79.3 Å². The largest absolute Gasteiger partial charge is 0.387 e. The van der Waals surface area contributed by atoms with Crippen LogP contribution in [0.3, 0.4) is 0 Å². The lowest BCUT2D eigenvalue weighted by Crippen LogP contribution is -2.23. The Bertz CT molecular complexity index is 234. The highest BCUT2D eigenvalue weighted by atomic mass is 15.5. The normalized spacial score (nSPS) is 20.0. The second kappa shape index (κ2) is 3.44. The van der Waals surface area contributed by atoms with E-state index in [0.29, 0.717) is 17.7 Å². The SMILES string of the molecule is CC(C)C/C(N)=N/C1(C(C)C)N=N1. The summed E-state index contributed by atoms with van der Waals surface area (Å²) in [4.78, 5) is 4.32. The minimum Gasteiger partial charge on any atom is -0.387 e. The van der Waals surface area contributed by atoms with Gasteiger partial charge in [0.05, 0.1) is 5.84 Å². The van der Waals surface area contributed by atoms with Gasteiger partial charge in [-0.1, -0.05) is 27.7 Å². The first-order valence-corrected chi connectivity index (χ1v) is 4.74. The maximum Gasteiger partial charge on any atom is 0.285 e. The van der Waals surface area contributed by atoms with Crippen LogP contribution in [-0.2, 0) is 0 Å². The van der Waals surface area contributed by atoms with Crippen LogP contribution in [0.2, 0.25) is 0 Å². The Morgan fingerprint density at radius 3 is 2.15 bits per heavy atom. The summed E-state index contributed by atoms with van der Waals surface area (Å²) in [5.41, 5.74) is 5.77. The van der Waals surface area contributed by atoms with Gasteiger partial charge in [-0.3, -0.25) is 0 Å². The predicted octanol–water partition coefficient (Wildman–Crippen LogP) is 2.17. The fourth-order valence-corrected chi connectivity index (χ4v) is 1.13. The molecule has 4 nitrogen and oxygen atoms in total. The van der Waals surface area contributed by atoms with Gasteiger partial charge in [0.15, 0.2) is 0 Å². The minimum atomic E-state index is -0.529. The van der Waals surface area contributed by atoms with Crippen molar-refractivity contribution in [3.63, 3.8) is 0 Å². The van der Waals surface area contributed by atoms with Gasteiger partial charge in [0.2, 0.25) is 0 Å². The third kappa shape index (κ3) is 2.50. The molecule has 74 valence electrons. The first kappa shape index (κ1) is 10.2. The van der Waals surface area contributed by atoms with Crippen LogP contribution in [0.15, 0.2) is 15.2 Å². The van der Waals surface area contributed by atoms with Gasteiger partial charge < -0.3 is 5.73 Å². The van der Waals surface area contributed by atoms with E-state index >= 15 is 0 Å². The molecule has 0 spiro atoms. The molecule has 0 aliphatic carbocycles. The lowest BCUT2D eigenvalue weighted by molar-refractivity contribution is 0.449. The van der Waals surface area contributed by atoms with Gasteiger partial charge in [0.25, 0.3) is 5.79 Å². The van der Waals surface area contributed by atoms with Gasteiger partial charge in [0.1, 0.15) is 0 Å². The summed E-state index contributed by atoms with van der Waals surface area (Å²) in [5, 5.41) is 7.88. The average molecular weight is 182 g/mol. The van der Waals surface area contributed by atoms with Crippen molar-refractivity contribution in [1.82, 2.24) is 0 Å². The Morgan fingerprint density at radius 2 is 1.85 bits per heavy atom. The van der Waals surface area contributed by atoms with Crippen LogP contribution in [0.1, 0.15) is 34.1 Å². The van der Waals surface area contributed by atoms with Crippen LogP contribution in [0.4, 0.5) is 0 Å². The molecule has 0 unspecified atom stereocenters. The van der Waals surface area contributed by atoms with Crippen molar-refractivity contribution in [3.8, 4) is 0 Å². The van der Waals surface area contributed by atoms with Crippen LogP contribution >= 0.6 is 0 Å². The fraction of sp³-hybridized carbons (Fsp3) is 0.889. The number of nitrogens with zero attached hydrogens (tertiary/aromatic N) is 3. The molecule has 0 aromatic rings. The summed E-state index contributed by atoms with van der Waals surface area (Å²) < 4.78 is 0. The molecule has 0 bridgehead atoms. The predicted molar refractivity (Wildman–Crippen MR) is 53.5 cm³/mol. The number of nitrogens with two attached hydrogens (primary N) is 1. The number of amidine groups is 1. The van der Waals surface area contributed by atoms with Gasteiger partial charge in [-0.25, -0.2) is 4.99 Å². The van der Waals surface area contributed by atoms with Gasteiger partial charge in [-0.2, -0.15) is 0 Å². The molecule has 1 aliphatic rings. The Kier molecular flexibility index (Phi) is 2.68. The number of hydrogen-bond acceptors (Lipinski definition) is 3. The topological polar surface area (TPSA) is 63.1 Å². The van der Waals surface area contributed by atoms with Crippen LogP contribution in [0.5, 0.6) is 0 Å². The number of hydrogen-bond donors (Lipinski definition) is 1. The highest BCUT2D eigenvalue weighted by molar-refractivity contribution is 5.81. The molecule has 0 aromatic carbocycles. The fourth-order valence-electron chi connectivity index (χ4n) is 1.13. The summed E-state index contributed by atoms with van der Waals surface area (Å²) in [6.07, 6.45) is 0.819. The second-order valence-corrected chi connectivity index (χ2v) is 4.24. The minimum absolute atomic E-state index is 0.304. The molecule has 0 amide bonds. The summed E-state index contributed by atoms with van der Waals surface area (Å²) in [6.45, 7) is 8.33. The molecule has 0 aromatic heterocycles. The zero-order chi connectivity index (χ0) is 10.1. The molecule has 1 heterocycles. The molecule has 0 saturated carbocycles. The van der Waals surface area contributed by atoms with Crippen LogP contribution in [0, 0.1) is 11.8 Å². The van der Waals surface area contributed by atoms with Crippen molar-refractivity contribution in [2.75, 3.05) is 0 Å². The maximum absolute atomic E-state index is 5.77. The summed E-state index contributed by atoms with van der Waals surface area (Å²) in [6, 6.07) is 0. The van der Waals surface area contributed by atoms with Crippen molar-refractivity contribution in [3.05, 3.63) is 0 Å². The standard InChI is InChI=1S/C9H18N4/c1-6(2)5-8(10)11-9(7(3)4)12-13-9/h6-7H,5H2,1-4H3,(H2,10,11). The van der Waals surface area contributed by atoms with Crippen molar-refractivity contribution >= 4 is 5.84 Å². The summed E-state index contributed by atoms with van der Waals surface area (Å²) >= 11 is 0. The van der Waals surface area contributed by atoms with E-state index in [1.54, 1.807) is 0 Å². The summed E-state index contributed by atoms with van der Waals surface area (Å²) in [7, 11) is 0. The molecule has 0 fully saturated rings. The lowest BCUT2D eigenvalue weighted by atomic mass is 10.1. The van der Waals surface area contributed by atoms with E-state index in [9.17, 15) is 0 Å². The van der Waals surface area contributed by atoms with E-state index in [0.717, 1.165) is 6.42 Å². The number of rotatable bonds is 4. The van der Waals surface area contributed by atoms with E-state index in [2.05, 4.69) is 29.1 Å². The third-order valence-corrected chi connectivity index (χ3v) is 2.01. The van der Waals surface area contributed by atoms with Crippen LogP contribution in [0.25, 0.3) is 0 Å².